The van der Waals surface area contributed by atoms with Crippen molar-refractivity contribution in [3.63, 3.8) is 0 Å². The van der Waals surface area contributed by atoms with Crippen LogP contribution in [0.3, 0.4) is 0 Å². The van der Waals surface area contributed by atoms with Gasteiger partial charge in [-0.3, -0.25) is 0 Å². The Labute approximate surface area is 106 Å². The lowest BCUT2D eigenvalue weighted by molar-refractivity contribution is 0.0715. The van der Waals surface area contributed by atoms with Crippen molar-refractivity contribution in [2.45, 2.75) is 12.5 Å². The molecule has 0 radical (unpaired) electrons. The molecule has 0 saturated heterocycles. The van der Waals surface area contributed by atoms with Crippen molar-refractivity contribution >= 4 is 5.69 Å². The zero-order chi connectivity index (χ0) is 13.0. The molecule has 0 fully saturated rings. The number of aliphatic hydroxyl groups is 1. The van der Waals surface area contributed by atoms with Crippen molar-refractivity contribution in [2.24, 2.45) is 0 Å². The van der Waals surface area contributed by atoms with Crippen LogP contribution in [0.1, 0.15) is 12.5 Å². The number of rotatable bonds is 4. The van der Waals surface area contributed by atoms with Gasteiger partial charge in [-0.25, -0.2) is 4.39 Å². The number of hydrogen-bond donors (Lipinski definition) is 2. The molecule has 2 rings (SSSR count). The second-order valence-electron chi connectivity index (χ2n) is 4.50. The van der Waals surface area contributed by atoms with Crippen LogP contribution in [0.15, 0.2) is 54.6 Å². The van der Waals surface area contributed by atoms with Crippen LogP contribution < -0.4 is 5.32 Å². The Kier molecular flexibility index (Phi) is 3.63. The van der Waals surface area contributed by atoms with E-state index in [1.165, 1.54) is 12.1 Å². The van der Waals surface area contributed by atoms with E-state index in [0.717, 1.165) is 5.56 Å². The molecule has 3 heteroatoms. The summed E-state index contributed by atoms with van der Waals surface area (Å²) in [5.41, 5.74) is 0.494. The Morgan fingerprint density at radius 1 is 1.11 bits per heavy atom. The maximum atomic E-state index is 13.0. The van der Waals surface area contributed by atoms with Gasteiger partial charge in [-0.2, -0.15) is 0 Å². The van der Waals surface area contributed by atoms with Crippen LogP contribution in [0, 0.1) is 5.82 Å². The third-order valence-corrected chi connectivity index (χ3v) is 2.86. The molecule has 2 aromatic carbocycles. The third-order valence-electron chi connectivity index (χ3n) is 2.86. The van der Waals surface area contributed by atoms with Crippen molar-refractivity contribution in [3.05, 3.63) is 66.0 Å². The zero-order valence-electron chi connectivity index (χ0n) is 10.2. The fraction of sp³-hybridized carbons (Fsp3) is 0.200. The lowest BCUT2D eigenvalue weighted by Gasteiger charge is -2.24. The SMILES string of the molecule is CC(O)(CNc1cccc(F)c1)c1ccccc1. The molecular weight excluding hydrogens is 229 g/mol. The summed E-state index contributed by atoms with van der Waals surface area (Å²) in [4.78, 5) is 0. The van der Waals surface area contributed by atoms with Gasteiger partial charge in [0.05, 0.1) is 0 Å². The molecule has 0 aromatic heterocycles. The van der Waals surface area contributed by atoms with Gasteiger partial charge in [0.2, 0.25) is 0 Å². The predicted octanol–water partition coefficient (Wildman–Crippen LogP) is 3.15. The Morgan fingerprint density at radius 2 is 1.83 bits per heavy atom. The highest BCUT2D eigenvalue weighted by atomic mass is 19.1. The van der Waals surface area contributed by atoms with E-state index in [2.05, 4.69) is 5.32 Å². The van der Waals surface area contributed by atoms with Gasteiger partial charge in [-0.05, 0) is 30.7 Å². The van der Waals surface area contributed by atoms with Crippen LogP contribution in [0.4, 0.5) is 10.1 Å². The van der Waals surface area contributed by atoms with Gasteiger partial charge in [-0.15, -0.1) is 0 Å². The average molecular weight is 245 g/mol. The quantitative estimate of drug-likeness (QED) is 0.867. The molecule has 2 aromatic rings. The zero-order valence-corrected chi connectivity index (χ0v) is 10.2. The van der Waals surface area contributed by atoms with Gasteiger partial charge in [0.15, 0.2) is 0 Å². The van der Waals surface area contributed by atoms with Crippen molar-refractivity contribution in [3.8, 4) is 0 Å². The highest BCUT2D eigenvalue weighted by Crippen LogP contribution is 2.21. The van der Waals surface area contributed by atoms with Crippen LogP contribution in [-0.2, 0) is 5.60 Å². The minimum absolute atomic E-state index is 0.292. The van der Waals surface area contributed by atoms with Gasteiger partial charge in [-0.1, -0.05) is 36.4 Å². The second-order valence-corrected chi connectivity index (χ2v) is 4.50. The second kappa shape index (κ2) is 5.19. The first-order valence-corrected chi connectivity index (χ1v) is 5.85. The molecule has 0 heterocycles. The van der Waals surface area contributed by atoms with Gasteiger partial charge in [0.1, 0.15) is 11.4 Å². The first kappa shape index (κ1) is 12.6. The van der Waals surface area contributed by atoms with E-state index in [4.69, 9.17) is 0 Å². The molecule has 0 aliphatic carbocycles. The van der Waals surface area contributed by atoms with Crippen molar-refractivity contribution in [1.82, 2.24) is 0 Å². The standard InChI is InChI=1S/C15H16FNO/c1-15(18,12-6-3-2-4-7-12)11-17-14-9-5-8-13(16)10-14/h2-10,17-18H,11H2,1H3. The smallest absolute Gasteiger partial charge is 0.125 e. The van der Waals surface area contributed by atoms with Crippen LogP contribution in [0.25, 0.3) is 0 Å². The number of benzene rings is 2. The highest BCUT2D eigenvalue weighted by Gasteiger charge is 2.22. The molecule has 0 bridgehead atoms. The minimum Gasteiger partial charge on any atom is -0.384 e. The van der Waals surface area contributed by atoms with Crippen LogP contribution >= 0.6 is 0 Å². The van der Waals surface area contributed by atoms with Crippen molar-refractivity contribution in [2.75, 3.05) is 11.9 Å². The molecule has 0 aliphatic heterocycles. The number of nitrogens with one attached hydrogen (secondary N) is 1. The highest BCUT2D eigenvalue weighted by molar-refractivity contribution is 5.43. The lowest BCUT2D eigenvalue weighted by atomic mass is 9.96. The summed E-state index contributed by atoms with van der Waals surface area (Å²) >= 11 is 0. The fourth-order valence-corrected chi connectivity index (χ4v) is 1.77. The van der Waals surface area contributed by atoms with Gasteiger partial charge < -0.3 is 10.4 Å². The molecule has 1 unspecified atom stereocenters. The van der Waals surface area contributed by atoms with Crippen molar-refractivity contribution < 1.29 is 9.50 Å². The number of hydrogen-bond acceptors (Lipinski definition) is 2. The Balaban J connectivity index is 2.05. The van der Waals surface area contributed by atoms with E-state index in [1.54, 1.807) is 19.1 Å². The monoisotopic (exact) mass is 245 g/mol. The van der Waals surface area contributed by atoms with E-state index in [0.29, 0.717) is 12.2 Å². The lowest BCUT2D eigenvalue weighted by Crippen LogP contribution is -2.30. The molecule has 94 valence electrons. The third kappa shape index (κ3) is 3.08. The molecule has 0 aliphatic rings. The summed E-state index contributed by atoms with van der Waals surface area (Å²) in [6, 6.07) is 15.6. The van der Waals surface area contributed by atoms with Crippen LogP contribution in [0.5, 0.6) is 0 Å². The summed E-state index contributed by atoms with van der Waals surface area (Å²) in [6.45, 7) is 2.05. The molecule has 2 N–H and O–H groups in total. The predicted molar refractivity (Wildman–Crippen MR) is 70.9 cm³/mol. The maximum Gasteiger partial charge on any atom is 0.125 e. The molecule has 18 heavy (non-hydrogen) atoms. The number of halogens is 1. The summed E-state index contributed by atoms with van der Waals surface area (Å²) in [5, 5.41) is 13.4. The molecule has 2 nitrogen and oxygen atoms in total. The summed E-state index contributed by atoms with van der Waals surface area (Å²) in [5.74, 6) is -0.292. The first-order chi connectivity index (χ1) is 8.58. The molecular formula is C15H16FNO. The van der Waals surface area contributed by atoms with E-state index in [-0.39, 0.29) is 5.82 Å². The Morgan fingerprint density at radius 3 is 2.50 bits per heavy atom. The Hall–Kier alpha value is -1.87. The molecule has 0 saturated carbocycles. The average Bonchev–Trinajstić information content (AvgIpc) is 2.38. The van der Waals surface area contributed by atoms with Crippen molar-refractivity contribution in [1.29, 1.82) is 0 Å². The van der Waals surface area contributed by atoms with Crippen LogP contribution in [-0.4, -0.2) is 11.7 Å². The number of anilines is 1. The topological polar surface area (TPSA) is 32.3 Å². The normalized spacial score (nSPS) is 13.9. The summed E-state index contributed by atoms with van der Waals surface area (Å²) in [6.07, 6.45) is 0. The van der Waals surface area contributed by atoms with Crippen LogP contribution in [0.2, 0.25) is 0 Å². The van der Waals surface area contributed by atoms with Gasteiger partial charge in [0, 0.05) is 12.2 Å². The molecule has 1 atom stereocenters. The Bertz CT molecular complexity index is 511. The largest absolute Gasteiger partial charge is 0.384 e. The summed E-state index contributed by atoms with van der Waals surface area (Å²) in [7, 11) is 0. The molecule has 0 spiro atoms. The summed E-state index contributed by atoms with van der Waals surface area (Å²) < 4.78 is 13.0. The van der Waals surface area contributed by atoms with E-state index in [9.17, 15) is 9.50 Å². The van der Waals surface area contributed by atoms with E-state index < -0.39 is 5.60 Å². The van der Waals surface area contributed by atoms with Gasteiger partial charge in [0.25, 0.3) is 0 Å². The molecule has 0 amide bonds. The fourth-order valence-electron chi connectivity index (χ4n) is 1.77. The minimum atomic E-state index is -0.992. The maximum absolute atomic E-state index is 13.0. The van der Waals surface area contributed by atoms with E-state index in [1.807, 2.05) is 30.3 Å². The first-order valence-electron chi connectivity index (χ1n) is 5.85. The van der Waals surface area contributed by atoms with E-state index >= 15 is 0 Å². The van der Waals surface area contributed by atoms with Gasteiger partial charge >= 0.3 is 0 Å².